The van der Waals surface area contributed by atoms with Crippen LogP contribution >= 0.6 is 0 Å². The van der Waals surface area contributed by atoms with Crippen molar-refractivity contribution >= 4 is 11.5 Å². The van der Waals surface area contributed by atoms with Crippen LogP contribution in [0, 0.1) is 11.3 Å². The molecule has 1 aliphatic heterocycles. The molecule has 0 aliphatic carbocycles. The number of nitrogens with one attached hydrogen (secondary N) is 1. The molecule has 0 saturated carbocycles. The highest BCUT2D eigenvalue weighted by Crippen LogP contribution is 2.25. The standard InChI is InChI=1S/C18H20N4O/c1-23-17-4-2-3-16(11-17)22-9-7-15(8-10-22)21-18-6-5-14(12-19)13-20-18/h2-6,11,13,15H,7-10H2,1H3,(H,20,21). The number of benzene rings is 1. The quantitative estimate of drug-likeness (QED) is 0.940. The maximum absolute atomic E-state index is 8.80. The second kappa shape index (κ2) is 7.01. The monoisotopic (exact) mass is 308 g/mol. The smallest absolute Gasteiger partial charge is 0.126 e. The molecule has 5 heteroatoms. The molecule has 2 heterocycles. The maximum atomic E-state index is 8.80. The molecule has 0 bridgehead atoms. The lowest BCUT2D eigenvalue weighted by molar-refractivity contribution is 0.414. The van der Waals surface area contributed by atoms with Gasteiger partial charge in [0.05, 0.1) is 12.7 Å². The Hall–Kier alpha value is -2.74. The number of aromatic nitrogens is 1. The Labute approximate surface area is 136 Å². The molecule has 2 aromatic rings. The summed E-state index contributed by atoms with van der Waals surface area (Å²) in [5.74, 6) is 1.73. The fourth-order valence-corrected chi connectivity index (χ4v) is 2.84. The van der Waals surface area contributed by atoms with E-state index in [9.17, 15) is 0 Å². The van der Waals surface area contributed by atoms with Crippen molar-refractivity contribution in [1.82, 2.24) is 4.98 Å². The molecular formula is C18H20N4O. The summed E-state index contributed by atoms with van der Waals surface area (Å²) < 4.78 is 5.29. The van der Waals surface area contributed by atoms with Crippen molar-refractivity contribution in [2.24, 2.45) is 0 Å². The van der Waals surface area contributed by atoms with Gasteiger partial charge in [-0.25, -0.2) is 4.98 Å². The highest BCUT2D eigenvalue weighted by atomic mass is 16.5. The zero-order valence-electron chi connectivity index (χ0n) is 13.2. The minimum absolute atomic E-state index is 0.414. The summed E-state index contributed by atoms with van der Waals surface area (Å²) in [7, 11) is 1.69. The molecule has 23 heavy (non-hydrogen) atoms. The van der Waals surface area contributed by atoms with Crippen LogP contribution in [0.2, 0.25) is 0 Å². The van der Waals surface area contributed by atoms with Crippen LogP contribution in [0.4, 0.5) is 11.5 Å². The molecule has 3 rings (SSSR count). The molecule has 1 aromatic carbocycles. The van der Waals surface area contributed by atoms with E-state index < -0.39 is 0 Å². The zero-order chi connectivity index (χ0) is 16.1. The van der Waals surface area contributed by atoms with E-state index in [1.807, 2.05) is 18.2 Å². The van der Waals surface area contributed by atoms with Crippen LogP contribution in [-0.4, -0.2) is 31.2 Å². The van der Waals surface area contributed by atoms with E-state index in [-0.39, 0.29) is 0 Å². The Morgan fingerprint density at radius 3 is 2.74 bits per heavy atom. The molecule has 0 spiro atoms. The maximum Gasteiger partial charge on any atom is 0.126 e. The van der Waals surface area contributed by atoms with Gasteiger partial charge in [-0.15, -0.1) is 0 Å². The molecule has 1 fully saturated rings. The first-order valence-corrected chi connectivity index (χ1v) is 7.80. The Balaban J connectivity index is 1.56. The van der Waals surface area contributed by atoms with Crippen molar-refractivity contribution in [2.75, 3.05) is 30.4 Å². The van der Waals surface area contributed by atoms with Crippen molar-refractivity contribution in [3.63, 3.8) is 0 Å². The highest BCUT2D eigenvalue weighted by Gasteiger charge is 2.19. The van der Waals surface area contributed by atoms with Crippen LogP contribution in [0.3, 0.4) is 0 Å². The van der Waals surface area contributed by atoms with Gasteiger partial charge in [-0.3, -0.25) is 0 Å². The SMILES string of the molecule is COc1cccc(N2CCC(Nc3ccc(C#N)cn3)CC2)c1. The van der Waals surface area contributed by atoms with Gasteiger partial charge in [0.1, 0.15) is 17.6 Å². The van der Waals surface area contributed by atoms with Crippen LogP contribution in [0.15, 0.2) is 42.6 Å². The number of nitriles is 1. The molecular weight excluding hydrogens is 288 g/mol. The number of rotatable bonds is 4. The van der Waals surface area contributed by atoms with Gasteiger partial charge >= 0.3 is 0 Å². The van der Waals surface area contributed by atoms with E-state index in [1.165, 1.54) is 5.69 Å². The van der Waals surface area contributed by atoms with E-state index in [2.05, 4.69) is 33.4 Å². The Morgan fingerprint density at radius 1 is 1.26 bits per heavy atom. The first-order chi connectivity index (χ1) is 11.3. The molecule has 0 amide bonds. The Bertz CT molecular complexity index is 685. The van der Waals surface area contributed by atoms with Gasteiger partial charge in [-0.05, 0) is 37.1 Å². The summed E-state index contributed by atoms with van der Waals surface area (Å²) in [5, 5.41) is 12.3. The van der Waals surface area contributed by atoms with Crippen LogP contribution < -0.4 is 15.0 Å². The van der Waals surface area contributed by atoms with Crippen LogP contribution in [-0.2, 0) is 0 Å². The lowest BCUT2D eigenvalue weighted by atomic mass is 10.0. The summed E-state index contributed by atoms with van der Waals surface area (Å²) in [6.07, 6.45) is 3.71. The predicted octanol–water partition coefficient (Wildman–Crippen LogP) is 3.04. The van der Waals surface area contributed by atoms with Crippen molar-refractivity contribution < 1.29 is 4.74 Å². The molecule has 0 atom stereocenters. The Kier molecular flexibility index (Phi) is 4.62. The first-order valence-electron chi connectivity index (χ1n) is 7.80. The molecule has 118 valence electrons. The summed E-state index contributed by atoms with van der Waals surface area (Å²) in [6, 6.07) is 14.4. The second-order valence-electron chi connectivity index (χ2n) is 5.65. The van der Waals surface area contributed by atoms with Gasteiger partial charge in [0.2, 0.25) is 0 Å². The van der Waals surface area contributed by atoms with Crippen LogP contribution in [0.5, 0.6) is 5.75 Å². The lowest BCUT2D eigenvalue weighted by Crippen LogP contribution is -2.39. The molecule has 1 aromatic heterocycles. The molecule has 5 nitrogen and oxygen atoms in total. The number of pyridine rings is 1. The fraction of sp³-hybridized carbons (Fsp3) is 0.333. The normalized spacial score (nSPS) is 15.0. The fourth-order valence-electron chi connectivity index (χ4n) is 2.84. The summed E-state index contributed by atoms with van der Waals surface area (Å²) in [5.41, 5.74) is 1.79. The number of hydrogen-bond acceptors (Lipinski definition) is 5. The largest absolute Gasteiger partial charge is 0.497 e. The van der Waals surface area contributed by atoms with Crippen LogP contribution in [0.25, 0.3) is 0 Å². The number of ether oxygens (including phenoxy) is 1. The third-order valence-electron chi connectivity index (χ3n) is 4.16. The molecule has 0 unspecified atom stereocenters. The topological polar surface area (TPSA) is 61.2 Å². The second-order valence-corrected chi connectivity index (χ2v) is 5.65. The Morgan fingerprint density at radius 2 is 2.09 bits per heavy atom. The highest BCUT2D eigenvalue weighted by molar-refractivity contribution is 5.51. The minimum atomic E-state index is 0.414. The van der Waals surface area contributed by atoms with Gasteiger partial charge in [-0.2, -0.15) is 5.26 Å². The first kappa shape index (κ1) is 15.2. The minimum Gasteiger partial charge on any atom is -0.497 e. The van der Waals surface area contributed by atoms with Gasteiger partial charge < -0.3 is 15.0 Å². The third kappa shape index (κ3) is 3.72. The third-order valence-corrected chi connectivity index (χ3v) is 4.16. The number of piperidine rings is 1. The molecule has 1 N–H and O–H groups in total. The lowest BCUT2D eigenvalue weighted by Gasteiger charge is -2.34. The van der Waals surface area contributed by atoms with Crippen molar-refractivity contribution in [3.8, 4) is 11.8 Å². The molecule has 1 saturated heterocycles. The molecule has 0 radical (unpaired) electrons. The number of methoxy groups -OCH3 is 1. The summed E-state index contributed by atoms with van der Waals surface area (Å²) in [4.78, 5) is 6.66. The molecule has 1 aliphatic rings. The average molecular weight is 308 g/mol. The van der Waals surface area contributed by atoms with E-state index in [0.29, 0.717) is 11.6 Å². The number of nitrogens with zero attached hydrogens (tertiary/aromatic N) is 3. The zero-order valence-corrected chi connectivity index (χ0v) is 13.2. The van der Waals surface area contributed by atoms with Crippen molar-refractivity contribution in [2.45, 2.75) is 18.9 Å². The van der Waals surface area contributed by atoms with E-state index >= 15 is 0 Å². The van der Waals surface area contributed by atoms with Gasteiger partial charge in [0.15, 0.2) is 0 Å². The van der Waals surface area contributed by atoms with Gasteiger partial charge in [0.25, 0.3) is 0 Å². The van der Waals surface area contributed by atoms with Crippen molar-refractivity contribution in [3.05, 3.63) is 48.2 Å². The van der Waals surface area contributed by atoms with Gasteiger partial charge in [0, 0.05) is 37.1 Å². The van der Waals surface area contributed by atoms with E-state index in [4.69, 9.17) is 10.00 Å². The van der Waals surface area contributed by atoms with Crippen LogP contribution in [0.1, 0.15) is 18.4 Å². The van der Waals surface area contributed by atoms with Gasteiger partial charge in [-0.1, -0.05) is 6.07 Å². The number of anilines is 2. The van der Waals surface area contributed by atoms with E-state index in [1.54, 1.807) is 19.4 Å². The number of hydrogen-bond donors (Lipinski definition) is 1. The summed E-state index contributed by atoms with van der Waals surface area (Å²) >= 11 is 0. The summed E-state index contributed by atoms with van der Waals surface area (Å²) in [6.45, 7) is 2.00. The average Bonchev–Trinajstić information content (AvgIpc) is 2.63. The van der Waals surface area contributed by atoms with Crippen molar-refractivity contribution in [1.29, 1.82) is 5.26 Å². The van der Waals surface area contributed by atoms with E-state index in [0.717, 1.165) is 37.5 Å². The predicted molar refractivity (Wildman–Crippen MR) is 90.8 cm³/mol.